The summed E-state index contributed by atoms with van der Waals surface area (Å²) < 4.78 is 2.03. The molecule has 0 saturated carbocycles. The van der Waals surface area contributed by atoms with Crippen molar-refractivity contribution < 1.29 is 0 Å². The third-order valence-corrected chi connectivity index (χ3v) is 1.68. The first-order chi connectivity index (χ1) is 4.61. The Kier molecular flexibility index (Phi) is 2.28. The lowest BCUT2D eigenvalue weighted by atomic mass is 10.5. The zero-order valence-electron chi connectivity index (χ0n) is 5.05. The molecule has 0 aliphatic carbocycles. The smallest absolute Gasteiger partial charge is 0.175 e. The summed E-state index contributed by atoms with van der Waals surface area (Å²) in [6.07, 6.45) is 0. The summed E-state index contributed by atoms with van der Waals surface area (Å²) in [7, 11) is 0. The van der Waals surface area contributed by atoms with E-state index in [1.807, 2.05) is 0 Å². The topological polar surface area (TPSA) is 21.1 Å². The Morgan fingerprint density at radius 2 is 2.20 bits per heavy atom. The fraction of sp³-hybridized carbons (Fsp3) is 0.250. The molecule has 0 aliphatic heterocycles. The predicted molar refractivity (Wildman–Crippen MR) is 42.4 cm³/mol. The van der Waals surface area contributed by atoms with Gasteiger partial charge in [0.05, 0.1) is 5.69 Å². The van der Waals surface area contributed by atoms with Crippen molar-refractivity contribution >= 4 is 41.1 Å². The third kappa shape index (κ3) is 1.48. The maximum atomic E-state index is 5.54. The molecule has 1 aromatic heterocycles. The summed E-state index contributed by atoms with van der Waals surface area (Å²) in [5, 5.41) is 3.75. The highest BCUT2D eigenvalue weighted by Crippen LogP contribution is 2.18. The Morgan fingerprint density at radius 3 is 2.40 bits per heavy atom. The lowest BCUT2D eigenvalue weighted by Gasteiger charge is -1.96. The van der Waals surface area contributed by atoms with Gasteiger partial charge < -0.3 is 0 Å². The van der Waals surface area contributed by atoms with Crippen molar-refractivity contribution in [2.24, 2.45) is 0 Å². The molecule has 1 aromatic rings. The van der Waals surface area contributed by atoms with E-state index in [2.05, 4.69) is 5.10 Å². The zero-order valence-corrected chi connectivity index (χ0v) is 7.32. The molecule has 0 radical (unpaired) electrons. The molecule has 0 N–H and O–H groups in total. The number of hydrogen-bond donors (Lipinski definition) is 0. The Labute approximate surface area is 73.4 Å². The number of halogens is 3. The molecule has 1 heterocycles. The van der Waals surface area contributed by atoms with Crippen molar-refractivity contribution in [2.45, 2.75) is 6.92 Å². The van der Waals surface area contributed by atoms with E-state index in [-0.39, 0.29) is 0 Å². The fourth-order valence-electron chi connectivity index (χ4n) is 0.520. The predicted octanol–water partition coefficient (Wildman–Crippen LogP) is 2.31. The van der Waals surface area contributed by atoms with Crippen molar-refractivity contribution in [1.82, 2.24) is 9.30 Å². The number of anilines is 1. The van der Waals surface area contributed by atoms with Gasteiger partial charge in [-0.2, -0.15) is 8.14 Å². The highest BCUT2D eigenvalue weighted by atomic mass is 35.5. The maximum Gasteiger partial charge on any atom is 0.182 e. The van der Waals surface area contributed by atoms with Crippen LogP contribution in [0.3, 0.4) is 0 Å². The molecule has 0 aliphatic rings. The Morgan fingerprint density at radius 1 is 1.60 bits per heavy atom. The molecule has 3 nitrogen and oxygen atoms in total. The molecule has 56 valence electrons. The highest BCUT2D eigenvalue weighted by molar-refractivity contribution is 6.49. The van der Waals surface area contributed by atoms with E-state index in [0.717, 1.165) is 9.63 Å². The molecule has 0 saturated heterocycles. The first kappa shape index (κ1) is 7.98. The summed E-state index contributed by atoms with van der Waals surface area (Å²) in [5.74, 6) is 0.413. The molecule has 0 fully saturated rings. The average Bonchev–Trinajstić information content (AvgIpc) is 2.13. The largest absolute Gasteiger partial charge is 0.182 e. The second kappa shape index (κ2) is 2.86. The van der Waals surface area contributed by atoms with E-state index in [9.17, 15) is 0 Å². The average molecular weight is 200 g/mol. The van der Waals surface area contributed by atoms with Gasteiger partial charge in [-0.15, -0.1) is 5.10 Å². The second-order valence-corrected chi connectivity index (χ2v) is 2.91. The lowest BCUT2D eigenvalue weighted by Crippen LogP contribution is -1.92. The zero-order chi connectivity index (χ0) is 7.72. The van der Waals surface area contributed by atoms with Gasteiger partial charge in [0.1, 0.15) is 0 Å². The van der Waals surface area contributed by atoms with E-state index >= 15 is 0 Å². The summed E-state index contributed by atoms with van der Waals surface area (Å²) >= 11 is 16.2. The van der Waals surface area contributed by atoms with Gasteiger partial charge in [0.15, 0.2) is 5.82 Å². The maximum absolute atomic E-state index is 5.54. The van der Waals surface area contributed by atoms with Crippen molar-refractivity contribution in [3.63, 3.8) is 0 Å². The van der Waals surface area contributed by atoms with Gasteiger partial charge >= 0.3 is 0 Å². The van der Waals surface area contributed by atoms with Crippen molar-refractivity contribution in [3.05, 3.63) is 11.8 Å². The number of aromatic nitrogens is 2. The van der Waals surface area contributed by atoms with E-state index in [0.29, 0.717) is 5.82 Å². The Balaban J connectivity index is 2.98. The van der Waals surface area contributed by atoms with Gasteiger partial charge in [-0.3, -0.25) is 0 Å². The molecule has 0 amide bonds. The Bertz CT molecular complexity index is 212. The number of hydrogen-bond acceptors (Lipinski definition) is 2. The number of aryl methyl sites for hydroxylation is 1. The first-order valence-corrected chi connectivity index (χ1v) is 3.47. The summed E-state index contributed by atoms with van der Waals surface area (Å²) in [6, 6.07) is 1.66. The van der Waals surface area contributed by atoms with Crippen LogP contribution in [-0.4, -0.2) is 9.30 Å². The van der Waals surface area contributed by atoms with Crippen LogP contribution >= 0.6 is 35.3 Å². The molecule has 0 atom stereocenters. The SMILES string of the molecule is Cc1cc(N(Cl)Cl)nn1Cl. The van der Waals surface area contributed by atoms with Gasteiger partial charge in [-0.05, 0) is 6.92 Å². The summed E-state index contributed by atoms with van der Waals surface area (Å²) in [4.78, 5) is 0. The van der Waals surface area contributed by atoms with E-state index in [1.54, 1.807) is 13.0 Å². The van der Waals surface area contributed by atoms with Gasteiger partial charge in [0, 0.05) is 41.4 Å². The summed E-state index contributed by atoms with van der Waals surface area (Å²) in [6.45, 7) is 1.79. The van der Waals surface area contributed by atoms with Gasteiger partial charge in [0.2, 0.25) is 0 Å². The van der Waals surface area contributed by atoms with Crippen molar-refractivity contribution in [1.29, 1.82) is 0 Å². The van der Waals surface area contributed by atoms with Crippen LogP contribution in [0.15, 0.2) is 6.07 Å². The number of rotatable bonds is 1. The molecule has 10 heavy (non-hydrogen) atoms. The highest BCUT2D eigenvalue weighted by Gasteiger charge is 2.05. The molecule has 6 heteroatoms. The van der Waals surface area contributed by atoms with E-state index < -0.39 is 0 Å². The minimum absolute atomic E-state index is 0.413. The van der Waals surface area contributed by atoms with Crippen LogP contribution in [0.1, 0.15) is 5.69 Å². The lowest BCUT2D eigenvalue weighted by molar-refractivity contribution is 0.954. The third-order valence-electron chi connectivity index (χ3n) is 0.992. The van der Waals surface area contributed by atoms with Crippen LogP contribution < -0.4 is 3.94 Å². The van der Waals surface area contributed by atoms with E-state index in [4.69, 9.17) is 35.3 Å². The van der Waals surface area contributed by atoms with Gasteiger partial charge in [-0.25, -0.2) is 0 Å². The molecule has 0 unspecified atom stereocenters. The van der Waals surface area contributed by atoms with Crippen LogP contribution in [0.25, 0.3) is 0 Å². The standard InChI is InChI=1S/C4H4Cl3N3/c1-3-2-4(9(5)6)8-10(3)7/h2H,1H3. The van der Waals surface area contributed by atoms with Crippen LogP contribution in [0.4, 0.5) is 5.82 Å². The summed E-state index contributed by atoms with van der Waals surface area (Å²) in [5.41, 5.74) is 0.781. The molecule has 0 aromatic carbocycles. The normalized spacial score (nSPS) is 10.0. The molecule has 0 spiro atoms. The van der Waals surface area contributed by atoms with Crippen LogP contribution in [-0.2, 0) is 0 Å². The molecular formula is C4H4Cl3N3. The molecule has 0 bridgehead atoms. The minimum Gasteiger partial charge on any atom is -0.175 e. The minimum atomic E-state index is 0.413. The van der Waals surface area contributed by atoms with Crippen LogP contribution in [0.5, 0.6) is 0 Å². The fourth-order valence-corrected chi connectivity index (χ4v) is 0.812. The van der Waals surface area contributed by atoms with Crippen molar-refractivity contribution in [2.75, 3.05) is 3.94 Å². The van der Waals surface area contributed by atoms with Crippen LogP contribution in [0.2, 0.25) is 0 Å². The quantitative estimate of drug-likeness (QED) is 0.649. The van der Waals surface area contributed by atoms with Gasteiger partial charge in [0.25, 0.3) is 0 Å². The van der Waals surface area contributed by atoms with Crippen molar-refractivity contribution in [3.8, 4) is 0 Å². The number of nitrogens with zero attached hydrogens (tertiary/aromatic N) is 3. The second-order valence-electron chi connectivity index (χ2n) is 1.74. The van der Waals surface area contributed by atoms with E-state index in [1.165, 1.54) is 4.20 Å². The van der Waals surface area contributed by atoms with Crippen LogP contribution in [0, 0.1) is 6.92 Å². The molecular weight excluding hydrogens is 196 g/mol. The molecule has 1 rings (SSSR count). The van der Waals surface area contributed by atoms with Gasteiger partial charge in [-0.1, -0.05) is 0 Å². The Hall–Kier alpha value is -0.120. The first-order valence-electron chi connectivity index (χ1n) is 2.46. The monoisotopic (exact) mass is 199 g/mol.